The van der Waals surface area contributed by atoms with E-state index in [1.807, 2.05) is 13.8 Å². The number of isocyanates is 2. The Bertz CT molecular complexity index is 906. The van der Waals surface area contributed by atoms with E-state index in [0.29, 0.717) is 25.9 Å². The van der Waals surface area contributed by atoms with Gasteiger partial charge in [0.2, 0.25) is 12.2 Å². The minimum Gasteiger partial charge on any atom is -0.449 e. The van der Waals surface area contributed by atoms with E-state index >= 15 is 0 Å². The highest BCUT2D eigenvalue weighted by atomic mass is 16.6. The summed E-state index contributed by atoms with van der Waals surface area (Å²) in [5.41, 5.74) is -1.02. The summed E-state index contributed by atoms with van der Waals surface area (Å²) in [5.74, 6) is 0. The van der Waals surface area contributed by atoms with Crippen molar-refractivity contribution in [3.8, 4) is 0 Å². The van der Waals surface area contributed by atoms with Gasteiger partial charge in [-0.15, -0.1) is 0 Å². The average Bonchev–Trinajstić information content (AvgIpc) is 2.77. The number of hydrogen-bond donors (Lipinski definition) is 2. The van der Waals surface area contributed by atoms with Crippen molar-refractivity contribution < 1.29 is 28.7 Å². The van der Waals surface area contributed by atoms with E-state index < -0.39 is 17.6 Å². The molecular formula is C29H48N4O6. The molecule has 0 spiro atoms. The fourth-order valence-corrected chi connectivity index (χ4v) is 6.99. The maximum Gasteiger partial charge on any atom is 0.407 e. The molecule has 39 heavy (non-hydrogen) atoms. The Labute approximate surface area is 233 Å². The van der Waals surface area contributed by atoms with Gasteiger partial charge in [0.1, 0.15) is 13.2 Å². The zero-order chi connectivity index (χ0) is 29.5. The summed E-state index contributed by atoms with van der Waals surface area (Å²) < 4.78 is 10.9. The first kappa shape index (κ1) is 32.5. The molecule has 0 radical (unpaired) electrons. The van der Waals surface area contributed by atoms with Crippen molar-refractivity contribution in [1.82, 2.24) is 10.6 Å². The molecule has 2 rings (SSSR count). The summed E-state index contributed by atoms with van der Waals surface area (Å²) in [5, 5.41) is 5.72. The van der Waals surface area contributed by atoms with Crippen LogP contribution in [-0.2, 0) is 19.1 Å². The van der Waals surface area contributed by atoms with Crippen LogP contribution in [0.15, 0.2) is 9.98 Å². The van der Waals surface area contributed by atoms with Gasteiger partial charge in [0, 0.05) is 18.5 Å². The van der Waals surface area contributed by atoms with E-state index in [1.165, 1.54) is 0 Å². The summed E-state index contributed by atoms with van der Waals surface area (Å²) in [6, 6.07) is -0.204. The lowest BCUT2D eigenvalue weighted by atomic mass is 9.62. The molecule has 2 N–H and O–H groups in total. The Morgan fingerprint density at radius 1 is 0.744 bits per heavy atom. The highest BCUT2D eigenvalue weighted by Crippen LogP contribution is 2.47. The van der Waals surface area contributed by atoms with Gasteiger partial charge in [-0.3, -0.25) is 0 Å². The van der Waals surface area contributed by atoms with Crippen molar-refractivity contribution in [2.45, 2.75) is 106 Å². The Morgan fingerprint density at radius 2 is 1.10 bits per heavy atom. The van der Waals surface area contributed by atoms with Crippen LogP contribution in [0.5, 0.6) is 0 Å². The molecule has 0 saturated heterocycles. The molecular weight excluding hydrogens is 500 g/mol. The first-order chi connectivity index (χ1) is 17.9. The molecule has 2 aliphatic rings. The summed E-state index contributed by atoms with van der Waals surface area (Å²) in [6.45, 7) is 17.4. The number of carbonyl (C=O) groups is 2. The molecule has 2 amide bonds. The summed E-state index contributed by atoms with van der Waals surface area (Å²) in [6.07, 6.45) is 7.09. The number of nitrogens with one attached hydrogen (secondary N) is 2. The quantitative estimate of drug-likeness (QED) is 0.281. The van der Waals surface area contributed by atoms with Gasteiger partial charge in [0.15, 0.2) is 0 Å². The van der Waals surface area contributed by atoms with Gasteiger partial charge in [-0.2, -0.15) is 0 Å². The van der Waals surface area contributed by atoms with Crippen LogP contribution in [0, 0.1) is 27.1 Å². The number of hydrogen-bond acceptors (Lipinski definition) is 8. The lowest BCUT2D eigenvalue weighted by molar-refractivity contribution is 0.0382. The van der Waals surface area contributed by atoms with Gasteiger partial charge in [0.25, 0.3) is 0 Å². The molecule has 4 unspecified atom stereocenters. The molecule has 0 aromatic rings. The maximum atomic E-state index is 12.4. The molecule has 220 valence electrons. The van der Waals surface area contributed by atoms with Crippen molar-refractivity contribution in [2.75, 3.05) is 26.3 Å². The van der Waals surface area contributed by atoms with Crippen molar-refractivity contribution >= 4 is 24.3 Å². The van der Waals surface area contributed by atoms with E-state index in [-0.39, 0.29) is 47.0 Å². The fraction of sp³-hybridized carbons (Fsp3) is 0.862. The predicted molar refractivity (Wildman–Crippen MR) is 148 cm³/mol. The molecule has 0 bridgehead atoms. The van der Waals surface area contributed by atoms with Crippen molar-refractivity contribution in [3.05, 3.63) is 0 Å². The summed E-state index contributed by atoms with van der Waals surface area (Å²) in [4.78, 5) is 54.4. The maximum absolute atomic E-state index is 12.4. The van der Waals surface area contributed by atoms with Crippen LogP contribution in [0.3, 0.4) is 0 Å². The van der Waals surface area contributed by atoms with Gasteiger partial charge in [-0.1, -0.05) is 55.4 Å². The standard InChI is InChI=1S/C29H48N4O6/c1-25(2)9-21(32-19-34)11-28(7,13-25)15-30-23(36)38-17-27(5,6)18-39-24(37)31-16-29(8)12-22(33-20-35)10-26(3,4)14-29/h21-22H,9-18H2,1-8H3,(H,30,36)(H,31,37). The Kier molecular flexibility index (Phi) is 10.5. The van der Waals surface area contributed by atoms with Crippen LogP contribution in [0.1, 0.15) is 93.9 Å². The normalized spacial score (nSPS) is 29.6. The molecule has 0 heterocycles. The zero-order valence-electron chi connectivity index (χ0n) is 25.1. The molecule has 10 heteroatoms. The van der Waals surface area contributed by atoms with Crippen molar-refractivity contribution in [1.29, 1.82) is 0 Å². The summed E-state index contributed by atoms with van der Waals surface area (Å²) >= 11 is 0. The van der Waals surface area contributed by atoms with Crippen LogP contribution in [-0.4, -0.2) is 62.7 Å². The lowest BCUT2D eigenvalue weighted by Crippen LogP contribution is -2.45. The van der Waals surface area contributed by atoms with E-state index in [1.54, 1.807) is 12.2 Å². The predicted octanol–water partition coefficient (Wildman–Crippen LogP) is 5.31. The number of nitrogens with zero attached hydrogens (tertiary/aromatic N) is 2. The second kappa shape index (κ2) is 12.6. The molecule has 2 aliphatic carbocycles. The second-order valence-electron chi connectivity index (χ2n) is 14.9. The monoisotopic (exact) mass is 548 g/mol. The average molecular weight is 549 g/mol. The third-order valence-corrected chi connectivity index (χ3v) is 7.82. The minimum atomic E-state index is -0.588. The van der Waals surface area contributed by atoms with Gasteiger partial charge < -0.3 is 20.1 Å². The van der Waals surface area contributed by atoms with Crippen LogP contribution < -0.4 is 10.6 Å². The SMILES string of the molecule is CC(C)(COC(=O)NCC1(C)CC(N=C=O)CC(C)(C)C1)COC(=O)NCC1(C)CC(N=C=O)CC(C)(C)C1. The van der Waals surface area contributed by atoms with Crippen LogP contribution in [0.4, 0.5) is 9.59 Å². The van der Waals surface area contributed by atoms with Crippen LogP contribution in [0.2, 0.25) is 0 Å². The molecule has 2 fully saturated rings. The van der Waals surface area contributed by atoms with Crippen LogP contribution >= 0.6 is 0 Å². The largest absolute Gasteiger partial charge is 0.449 e. The van der Waals surface area contributed by atoms with E-state index in [0.717, 1.165) is 25.7 Å². The summed E-state index contributed by atoms with van der Waals surface area (Å²) in [7, 11) is 0. The minimum absolute atomic E-state index is 0.000723. The Morgan fingerprint density at radius 3 is 1.44 bits per heavy atom. The van der Waals surface area contributed by atoms with Crippen molar-refractivity contribution in [2.24, 2.45) is 37.1 Å². The Hall–Kier alpha value is -2.70. The second-order valence-corrected chi connectivity index (χ2v) is 14.9. The highest BCUT2D eigenvalue weighted by Gasteiger charge is 2.43. The number of ether oxygens (including phenoxy) is 2. The fourth-order valence-electron chi connectivity index (χ4n) is 6.99. The zero-order valence-corrected chi connectivity index (χ0v) is 25.1. The van der Waals surface area contributed by atoms with Crippen LogP contribution in [0.25, 0.3) is 0 Å². The van der Waals surface area contributed by atoms with E-state index in [2.05, 4.69) is 62.2 Å². The molecule has 4 atom stereocenters. The smallest absolute Gasteiger partial charge is 0.407 e. The first-order valence-corrected chi connectivity index (χ1v) is 13.8. The number of rotatable bonds is 10. The number of carbonyl (C=O) groups excluding carboxylic acids is 4. The molecule has 0 aromatic carbocycles. The number of aliphatic imine (C=N–C) groups is 2. The highest BCUT2D eigenvalue weighted by molar-refractivity contribution is 5.67. The number of amides is 2. The van der Waals surface area contributed by atoms with Gasteiger partial charge in [-0.25, -0.2) is 29.2 Å². The van der Waals surface area contributed by atoms with Gasteiger partial charge >= 0.3 is 12.2 Å². The molecule has 0 aromatic heterocycles. The van der Waals surface area contributed by atoms with Crippen molar-refractivity contribution in [3.63, 3.8) is 0 Å². The van der Waals surface area contributed by atoms with Gasteiger partial charge in [-0.05, 0) is 60.2 Å². The molecule has 2 saturated carbocycles. The Balaban J connectivity index is 1.77. The number of alkyl carbamates (subject to hydrolysis) is 2. The molecule has 0 aliphatic heterocycles. The van der Waals surface area contributed by atoms with E-state index in [9.17, 15) is 19.2 Å². The lowest BCUT2D eigenvalue weighted by Gasteiger charge is -2.45. The third-order valence-electron chi connectivity index (χ3n) is 7.82. The molecule has 10 nitrogen and oxygen atoms in total. The van der Waals surface area contributed by atoms with E-state index in [4.69, 9.17) is 9.47 Å². The third kappa shape index (κ3) is 11.1. The van der Waals surface area contributed by atoms with Gasteiger partial charge in [0.05, 0.1) is 12.1 Å². The first-order valence-electron chi connectivity index (χ1n) is 13.8. The topological polar surface area (TPSA) is 136 Å².